The molecule has 3 heteroatoms. The fraction of sp³-hybridized carbons (Fsp3) is 0.368. The molecular formula is C19H21FO2. The molecule has 0 saturated carbocycles. The van der Waals surface area contributed by atoms with Gasteiger partial charge in [0.25, 0.3) is 0 Å². The largest absolute Gasteiger partial charge is 0.394 e. The van der Waals surface area contributed by atoms with E-state index < -0.39 is 6.10 Å². The van der Waals surface area contributed by atoms with Gasteiger partial charge < -0.3 is 10.2 Å². The maximum absolute atomic E-state index is 13.6. The van der Waals surface area contributed by atoms with Gasteiger partial charge in [-0.15, -0.1) is 0 Å². The molecule has 0 amide bonds. The van der Waals surface area contributed by atoms with Gasteiger partial charge in [0.2, 0.25) is 0 Å². The molecule has 2 nitrogen and oxygen atoms in total. The fourth-order valence-corrected chi connectivity index (χ4v) is 3.37. The Morgan fingerprint density at radius 3 is 2.73 bits per heavy atom. The summed E-state index contributed by atoms with van der Waals surface area (Å²) in [6.45, 7) is -0.209. The topological polar surface area (TPSA) is 40.5 Å². The minimum atomic E-state index is -0.678. The molecule has 2 atom stereocenters. The molecular weight excluding hydrogens is 279 g/mol. The standard InChI is InChI=1S/C19H21FO2/c20-17-7-5-13-9-14-3-1-2-4-19(14)15(10-16(13)11-17)6-8-18(22)12-21/h1-5,7,11,15,18,21-22H,6,8-10,12H2/t15?,18-/m0/s1. The average Bonchev–Trinajstić information content (AvgIpc) is 2.68. The minimum Gasteiger partial charge on any atom is -0.394 e. The number of fused-ring (bicyclic) bond motifs is 2. The van der Waals surface area contributed by atoms with Gasteiger partial charge in [0, 0.05) is 0 Å². The molecule has 2 N–H and O–H groups in total. The second-order valence-corrected chi connectivity index (χ2v) is 6.10. The molecule has 0 saturated heterocycles. The molecule has 1 aliphatic rings. The lowest BCUT2D eigenvalue weighted by Gasteiger charge is -2.19. The van der Waals surface area contributed by atoms with Gasteiger partial charge in [0.05, 0.1) is 12.7 Å². The van der Waals surface area contributed by atoms with E-state index >= 15 is 0 Å². The highest BCUT2D eigenvalue weighted by Crippen LogP contribution is 2.35. The Bertz CT molecular complexity index is 654. The molecule has 0 aromatic heterocycles. The molecule has 2 aromatic rings. The summed E-state index contributed by atoms with van der Waals surface area (Å²) in [5.41, 5.74) is 4.79. The van der Waals surface area contributed by atoms with Crippen molar-refractivity contribution in [2.24, 2.45) is 0 Å². The minimum absolute atomic E-state index is 0.196. The zero-order valence-electron chi connectivity index (χ0n) is 12.5. The van der Waals surface area contributed by atoms with Gasteiger partial charge in [-0.2, -0.15) is 0 Å². The van der Waals surface area contributed by atoms with E-state index in [0.717, 1.165) is 24.8 Å². The SMILES string of the molecule is OC[C@@H](O)CCC1Cc2cc(F)ccc2Cc2ccccc21. The molecule has 0 bridgehead atoms. The average molecular weight is 300 g/mol. The lowest BCUT2D eigenvalue weighted by Crippen LogP contribution is -2.14. The molecule has 0 heterocycles. The summed E-state index contributed by atoms with van der Waals surface area (Å²) in [5, 5.41) is 18.6. The van der Waals surface area contributed by atoms with Gasteiger partial charge in [-0.1, -0.05) is 30.3 Å². The number of rotatable bonds is 4. The van der Waals surface area contributed by atoms with Gasteiger partial charge in [0.15, 0.2) is 0 Å². The van der Waals surface area contributed by atoms with Crippen LogP contribution >= 0.6 is 0 Å². The van der Waals surface area contributed by atoms with Crippen molar-refractivity contribution in [2.45, 2.75) is 37.7 Å². The zero-order valence-corrected chi connectivity index (χ0v) is 12.5. The Hall–Kier alpha value is -1.71. The van der Waals surface area contributed by atoms with E-state index in [1.165, 1.54) is 22.8 Å². The van der Waals surface area contributed by atoms with Crippen molar-refractivity contribution in [3.05, 3.63) is 70.5 Å². The Kier molecular flexibility index (Phi) is 4.55. The van der Waals surface area contributed by atoms with E-state index in [1.54, 1.807) is 6.07 Å². The fourth-order valence-electron chi connectivity index (χ4n) is 3.37. The van der Waals surface area contributed by atoms with Crippen LogP contribution in [0.2, 0.25) is 0 Å². The van der Waals surface area contributed by atoms with Gasteiger partial charge in [-0.05, 0) is 66.0 Å². The summed E-state index contributed by atoms with van der Waals surface area (Å²) < 4.78 is 13.6. The monoisotopic (exact) mass is 300 g/mol. The summed E-state index contributed by atoms with van der Waals surface area (Å²) in [7, 11) is 0. The maximum atomic E-state index is 13.6. The van der Waals surface area contributed by atoms with E-state index in [9.17, 15) is 9.50 Å². The third kappa shape index (κ3) is 3.21. The van der Waals surface area contributed by atoms with E-state index in [2.05, 4.69) is 12.1 Å². The van der Waals surface area contributed by atoms with Crippen LogP contribution < -0.4 is 0 Å². The van der Waals surface area contributed by atoms with Crippen LogP contribution in [0.1, 0.15) is 41.0 Å². The predicted octanol–water partition coefficient (Wildman–Crippen LogP) is 3.19. The highest BCUT2D eigenvalue weighted by molar-refractivity contribution is 5.42. The molecule has 2 aromatic carbocycles. The molecule has 1 unspecified atom stereocenters. The first-order chi connectivity index (χ1) is 10.7. The van der Waals surface area contributed by atoms with Crippen LogP contribution in [0.4, 0.5) is 4.39 Å². The Balaban J connectivity index is 1.94. The molecule has 0 aliphatic heterocycles. The number of benzene rings is 2. The first-order valence-electron chi connectivity index (χ1n) is 7.81. The predicted molar refractivity (Wildman–Crippen MR) is 84.4 cm³/mol. The first kappa shape index (κ1) is 15.2. The number of aliphatic hydroxyl groups is 2. The molecule has 0 fully saturated rings. The quantitative estimate of drug-likeness (QED) is 0.910. The van der Waals surface area contributed by atoms with Crippen molar-refractivity contribution in [3.63, 3.8) is 0 Å². The van der Waals surface area contributed by atoms with Crippen LogP contribution in [0, 0.1) is 5.82 Å². The van der Waals surface area contributed by atoms with Crippen molar-refractivity contribution in [1.82, 2.24) is 0 Å². The Morgan fingerprint density at radius 2 is 1.91 bits per heavy atom. The number of halogens is 1. The van der Waals surface area contributed by atoms with Crippen LogP contribution in [0.3, 0.4) is 0 Å². The summed E-state index contributed by atoms with van der Waals surface area (Å²) in [4.78, 5) is 0. The Morgan fingerprint density at radius 1 is 1.09 bits per heavy atom. The lowest BCUT2D eigenvalue weighted by atomic mass is 9.87. The van der Waals surface area contributed by atoms with E-state index in [0.29, 0.717) is 6.42 Å². The summed E-state index contributed by atoms with van der Waals surface area (Å²) in [6, 6.07) is 13.4. The highest BCUT2D eigenvalue weighted by Gasteiger charge is 2.22. The molecule has 22 heavy (non-hydrogen) atoms. The second kappa shape index (κ2) is 6.59. The molecule has 0 spiro atoms. The maximum Gasteiger partial charge on any atom is 0.123 e. The van der Waals surface area contributed by atoms with Gasteiger partial charge in [0.1, 0.15) is 5.82 Å². The van der Waals surface area contributed by atoms with E-state index in [-0.39, 0.29) is 18.3 Å². The van der Waals surface area contributed by atoms with Crippen molar-refractivity contribution < 1.29 is 14.6 Å². The molecule has 116 valence electrons. The molecule has 0 radical (unpaired) electrons. The van der Waals surface area contributed by atoms with Crippen LogP contribution in [-0.2, 0) is 12.8 Å². The zero-order chi connectivity index (χ0) is 15.5. The lowest BCUT2D eigenvalue weighted by molar-refractivity contribution is 0.0849. The van der Waals surface area contributed by atoms with E-state index in [4.69, 9.17) is 5.11 Å². The van der Waals surface area contributed by atoms with Crippen molar-refractivity contribution in [3.8, 4) is 0 Å². The van der Waals surface area contributed by atoms with Gasteiger partial charge >= 0.3 is 0 Å². The van der Waals surface area contributed by atoms with E-state index in [1.807, 2.05) is 18.2 Å². The van der Waals surface area contributed by atoms with Crippen LogP contribution in [0.15, 0.2) is 42.5 Å². The second-order valence-electron chi connectivity index (χ2n) is 6.10. The normalized spacial score (nSPS) is 18.2. The number of hydrogen-bond acceptors (Lipinski definition) is 2. The summed E-state index contributed by atoms with van der Waals surface area (Å²) in [6.07, 6.45) is 2.27. The first-order valence-corrected chi connectivity index (χ1v) is 7.81. The smallest absolute Gasteiger partial charge is 0.123 e. The number of hydrogen-bond donors (Lipinski definition) is 2. The van der Waals surface area contributed by atoms with Crippen LogP contribution in [0.5, 0.6) is 0 Å². The van der Waals surface area contributed by atoms with Gasteiger partial charge in [-0.3, -0.25) is 0 Å². The highest BCUT2D eigenvalue weighted by atomic mass is 19.1. The van der Waals surface area contributed by atoms with Gasteiger partial charge in [-0.25, -0.2) is 4.39 Å². The van der Waals surface area contributed by atoms with Crippen LogP contribution in [0.25, 0.3) is 0 Å². The van der Waals surface area contributed by atoms with Crippen molar-refractivity contribution in [1.29, 1.82) is 0 Å². The Labute approximate surface area is 130 Å². The summed E-state index contributed by atoms with van der Waals surface area (Å²) >= 11 is 0. The molecule has 1 aliphatic carbocycles. The third-order valence-corrected chi connectivity index (χ3v) is 4.57. The van der Waals surface area contributed by atoms with Crippen molar-refractivity contribution >= 4 is 0 Å². The third-order valence-electron chi connectivity index (χ3n) is 4.57. The van der Waals surface area contributed by atoms with Crippen LogP contribution in [-0.4, -0.2) is 22.9 Å². The number of aliphatic hydroxyl groups excluding tert-OH is 2. The summed E-state index contributed by atoms with van der Waals surface area (Å²) in [5.74, 6) is 0.0549. The molecule has 3 rings (SSSR count). The van der Waals surface area contributed by atoms with Crippen molar-refractivity contribution in [2.75, 3.05) is 6.61 Å².